The summed E-state index contributed by atoms with van der Waals surface area (Å²) >= 11 is 0. The zero-order valence-corrected chi connectivity index (χ0v) is 14.1. The van der Waals surface area contributed by atoms with Crippen LogP contribution in [0, 0.1) is 0 Å². The van der Waals surface area contributed by atoms with Gasteiger partial charge in [0, 0.05) is 5.39 Å². The number of amides is 1. The lowest BCUT2D eigenvalue weighted by Crippen LogP contribution is -2.24. The van der Waals surface area contributed by atoms with Crippen molar-refractivity contribution in [1.82, 2.24) is 20.2 Å². The molecule has 4 aromatic rings. The average Bonchev–Trinajstić information content (AvgIpc) is 3.34. The van der Waals surface area contributed by atoms with Crippen LogP contribution in [0.5, 0.6) is 6.01 Å². The van der Waals surface area contributed by atoms with Gasteiger partial charge in [-0.05, 0) is 24.3 Å². The molecule has 27 heavy (non-hydrogen) atoms. The molecule has 0 radical (unpaired) electrons. The third kappa shape index (κ3) is 4.01. The molecular weight excluding hydrogens is 346 g/mol. The van der Waals surface area contributed by atoms with Gasteiger partial charge in [-0.25, -0.2) is 10.1 Å². The minimum atomic E-state index is -0.432. The molecule has 0 saturated heterocycles. The van der Waals surface area contributed by atoms with Crippen LogP contribution in [0.1, 0.15) is 5.76 Å². The summed E-state index contributed by atoms with van der Waals surface area (Å²) in [6.07, 6.45) is 2.95. The fourth-order valence-corrected chi connectivity index (χ4v) is 2.42. The van der Waals surface area contributed by atoms with Crippen LogP contribution < -0.4 is 10.2 Å². The number of carbonyl (C=O) groups excluding carboxylic acids is 1. The molecule has 8 heteroatoms. The van der Waals surface area contributed by atoms with E-state index in [1.807, 2.05) is 60.7 Å². The summed E-state index contributed by atoms with van der Waals surface area (Å²) in [7, 11) is 0. The van der Waals surface area contributed by atoms with E-state index in [9.17, 15) is 4.79 Å². The minimum absolute atomic E-state index is 0.107. The average molecular weight is 361 g/mol. The predicted molar refractivity (Wildman–Crippen MR) is 98.8 cm³/mol. The predicted octanol–water partition coefficient (Wildman–Crippen LogP) is 2.54. The molecule has 0 spiro atoms. The number of aromatic nitrogens is 3. The number of hydrazone groups is 1. The van der Waals surface area contributed by atoms with Gasteiger partial charge in [0.05, 0.1) is 11.9 Å². The van der Waals surface area contributed by atoms with Gasteiger partial charge in [0.15, 0.2) is 6.61 Å². The Bertz CT molecular complexity index is 1050. The van der Waals surface area contributed by atoms with Crippen molar-refractivity contribution in [3.63, 3.8) is 0 Å². The molecule has 0 unspecified atom stereocenters. The SMILES string of the molecule is O=C(COc1ncn(-c2ccccc2)n1)NN=Cc1cc2ccccc2o1. The van der Waals surface area contributed by atoms with E-state index < -0.39 is 5.91 Å². The number of fused-ring (bicyclic) bond motifs is 1. The number of ether oxygens (including phenoxy) is 1. The van der Waals surface area contributed by atoms with Crippen LogP contribution in [-0.4, -0.2) is 33.5 Å². The van der Waals surface area contributed by atoms with Gasteiger partial charge >= 0.3 is 6.01 Å². The first kappa shape index (κ1) is 16.5. The standard InChI is InChI=1S/C19H15N5O3/c25-18(22-21-11-16-10-14-6-4-5-9-17(14)27-16)12-26-19-20-13-24(23-19)15-7-2-1-3-8-15/h1-11,13H,12H2,(H,22,25). The van der Waals surface area contributed by atoms with Crippen molar-refractivity contribution in [3.05, 3.63) is 72.8 Å². The molecule has 0 aliphatic heterocycles. The van der Waals surface area contributed by atoms with Crippen molar-refractivity contribution in [3.8, 4) is 11.7 Å². The topological polar surface area (TPSA) is 94.5 Å². The smallest absolute Gasteiger partial charge is 0.336 e. The van der Waals surface area contributed by atoms with E-state index in [1.165, 1.54) is 12.5 Å². The Morgan fingerprint density at radius 2 is 2.00 bits per heavy atom. The summed E-state index contributed by atoms with van der Waals surface area (Å²) in [5.41, 5.74) is 3.97. The molecule has 0 aliphatic rings. The summed E-state index contributed by atoms with van der Waals surface area (Å²) in [6.45, 7) is -0.254. The van der Waals surface area contributed by atoms with Gasteiger partial charge in [0.25, 0.3) is 5.91 Å². The quantitative estimate of drug-likeness (QED) is 0.421. The van der Waals surface area contributed by atoms with Gasteiger partial charge in [-0.15, -0.1) is 5.10 Å². The maximum Gasteiger partial charge on any atom is 0.336 e. The van der Waals surface area contributed by atoms with Gasteiger partial charge < -0.3 is 9.15 Å². The largest absolute Gasteiger partial charge is 0.455 e. The molecule has 1 amide bonds. The van der Waals surface area contributed by atoms with Gasteiger partial charge in [-0.1, -0.05) is 36.4 Å². The fourth-order valence-electron chi connectivity index (χ4n) is 2.42. The molecule has 2 aromatic carbocycles. The summed E-state index contributed by atoms with van der Waals surface area (Å²) in [5.74, 6) is 0.110. The molecule has 0 atom stereocenters. The Morgan fingerprint density at radius 1 is 1.19 bits per heavy atom. The molecule has 0 bridgehead atoms. The zero-order chi connectivity index (χ0) is 18.5. The van der Waals surface area contributed by atoms with Gasteiger partial charge in [-0.2, -0.15) is 10.1 Å². The highest BCUT2D eigenvalue weighted by Gasteiger charge is 2.07. The maximum absolute atomic E-state index is 11.8. The number of hydrogen-bond donors (Lipinski definition) is 1. The van der Waals surface area contributed by atoms with E-state index in [0.717, 1.165) is 16.7 Å². The van der Waals surface area contributed by atoms with Crippen molar-refractivity contribution in [1.29, 1.82) is 0 Å². The van der Waals surface area contributed by atoms with Crippen molar-refractivity contribution >= 4 is 23.1 Å². The molecule has 4 rings (SSSR count). The Balaban J connectivity index is 1.29. The van der Waals surface area contributed by atoms with E-state index in [0.29, 0.717) is 5.76 Å². The first-order valence-corrected chi connectivity index (χ1v) is 8.18. The van der Waals surface area contributed by atoms with E-state index in [1.54, 1.807) is 4.68 Å². The molecule has 8 nitrogen and oxygen atoms in total. The van der Waals surface area contributed by atoms with E-state index in [-0.39, 0.29) is 12.6 Å². The van der Waals surface area contributed by atoms with Crippen LogP contribution in [0.25, 0.3) is 16.7 Å². The number of furan rings is 1. The number of para-hydroxylation sites is 2. The van der Waals surface area contributed by atoms with Crippen LogP contribution in [-0.2, 0) is 4.79 Å². The lowest BCUT2D eigenvalue weighted by molar-refractivity contribution is -0.123. The number of nitrogens with zero attached hydrogens (tertiary/aromatic N) is 4. The Morgan fingerprint density at radius 3 is 2.85 bits per heavy atom. The lowest BCUT2D eigenvalue weighted by atomic mass is 10.2. The van der Waals surface area contributed by atoms with Gasteiger partial charge in [-0.3, -0.25) is 4.79 Å². The van der Waals surface area contributed by atoms with E-state index in [4.69, 9.17) is 9.15 Å². The number of carbonyl (C=O) groups is 1. The third-order valence-corrected chi connectivity index (χ3v) is 3.65. The highest BCUT2D eigenvalue weighted by Crippen LogP contribution is 2.17. The van der Waals surface area contributed by atoms with Crippen LogP contribution in [0.15, 0.2) is 76.5 Å². The Labute approximate surface area is 154 Å². The number of benzene rings is 2. The highest BCUT2D eigenvalue weighted by molar-refractivity contribution is 5.87. The van der Waals surface area contributed by atoms with Crippen LogP contribution in [0.2, 0.25) is 0 Å². The van der Waals surface area contributed by atoms with Crippen molar-refractivity contribution < 1.29 is 13.9 Å². The van der Waals surface area contributed by atoms with Crippen molar-refractivity contribution in [2.45, 2.75) is 0 Å². The molecule has 0 saturated carbocycles. The Kier molecular flexibility index (Phi) is 4.60. The van der Waals surface area contributed by atoms with Crippen molar-refractivity contribution in [2.75, 3.05) is 6.61 Å². The number of nitrogens with one attached hydrogen (secondary N) is 1. The molecule has 2 aromatic heterocycles. The summed E-state index contributed by atoms with van der Waals surface area (Å²) in [6, 6.07) is 19.0. The second-order valence-electron chi connectivity index (χ2n) is 5.58. The van der Waals surface area contributed by atoms with Crippen molar-refractivity contribution in [2.24, 2.45) is 5.10 Å². The molecule has 0 aliphatic carbocycles. The minimum Gasteiger partial charge on any atom is -0.455 e. The second-order valence-corrected chi connectivity index (χ2v) is 5.58. The number of hydrogen-bond acceptors (Lipinski definition) is 6. The second kappa shape index (κ2) is 7.52. The highest BCUT2D eigenvalue weighted by atomic mass is 16.5. The summed E-state index contributed by atoms with van der Waals surface area (Å²) < 4.78 is 12.4. The summed E-state index contributed by atoms with van der Waals surface area (Å²) in [4.78, 5) is 15.8. The maximum atomic E-state index is 11.8. The number of rotatable bonds is 6. The summed E-state index contributed by atoms with van der Waals surface area (Å²) in [5, 5.41) is 8.98. The fraction of sp³-hybridized carbons (Fsp3) is 0.0526. The van der Waals surface area contributed by atoms with Gasteiger partial charge in [0.2, 0.25) is 0 Å². The lowest BCUT2D eigenvalue weighted by Gasteiger charge is -2.00. The van der Waals surface area contributed by atoms with Crippen LogP contribution in [0.3, 0.4) is 0 Å². The third-order valence-electron chi connectivity index (χ3n) is 3.65. The first-order chi connectivity index (χ1) is 13.3. The molecule has 0 fully saturated rings. The monoisotopic (exact) mass is 361 g/mol. The zero-order valence-electron chi connectivity index (χ0n) is 14.1. The Hall–Kier alpha value is -3.94. The first-order valence-electron chi connectivity index (χ1n) is 8.18. The molecule has 2 heterocycles. The molecular formula is C19H15N5O3. The van der Waals surface area contributed by atoms with Crippen LogP contribution >= 0.6 is 0 Å². The van der Waals surface area contributed by atoms with E-state index >= 15 is 0 Å². The van der Waals surface area contributed by atoms with Gasteiger partial charge in [0.1, 0.15) is 17.7 Å². The van der Waals surface area contributed by atoms with Crippen LogP contribution in [0.4, 0.5) is 0 Å². The molecule has 1 N–H and O–H groups in total. The molecule has 134 valence electrons. The normalized spacial score (nSPS) is 11.1. The van der Waals surface area contributed by atoms with E-state index in [2.05, 4.69) is 20.6 Å².